The van der Waals surface area contributed by atoms with Crippen molar-refractivity contribution < 1.29 is 4.39 Å². The molecule has 3 rings (SSSR count). The van der Waals surface area contributed by atoms with Crippen molar-refractivity contribution in [3.63, 3.8) is 0 Å². The van der Waals surface area contributed by atoms with Gasteiger partial charge in [-0.15, -0.1) is 0 Å². The van der Waals surface area contributed by atoms with Gasteiger partial charge in [0, 0.05) is 11.3 Å². The zero-order valence-corrected chi connectivity index (χ0v) is 11.1. The first-order valence-electron chi connectivity index (χ1n) is 6.81. The van der Waals surface area contributed by atoms with Crippen LogP contribution in [0.5, 0.6) is 0 Å². The second-order valence-corrected chi connectivity index (χ2v) is 5.40. The lowest BCUT2D eigenvalue weighted by molar-refractivity contribution is 0.420. The zero-order chi connectivity index (χ0) is 13.4. The fourth-order valence-corrected chi connectivity index (χ4v) is 2.71. The van der Waals surface area contributed by atoms with E-state index in [0.29, 0.717) is 17.2 Å². The van der Waals surface area contributed by atoms with Gasteiger partial charge in [-0.3, -0.25) is 0 Å². The quantitative estimate of drug-likeness (QED) is 0.776. The van der Waals surface area contributed by atoms with Crippen LogP contribution < -0.4 is 5.73 Å². The summed E-state index contributed by atoms with van der Waals surface area (Å²) in [6.45, 7) is 1.83. The Kier molecular flexibility index (Phi) is 3.02. The third-order valence-electron chi connectivity index (χ3n) is 4.15. The summed E-state index contributed by atoms with van der Waals surface area (Å²) in [5, 5.41) is 0. The highest BCUT2D eigenvalue weighted by Gasteiger charge is 2.23. The minimum Gasteiger partial charge on any atom is -0.398 e. The van der Waals surface area contributed by atoms with E-state index in [1.807, 2.05) is 25.1 Å². The van der Waals surface area contributed by atoms with E-state index in [1.54, 1.807) is 6.07 Å². The number of nitrogens with two attached hydrogens (primary N) is 1. The number of benzene rings is 2. The number of rotatable bonds is 2. The van der Waals surface area contributed by atoms with Crippen molar-refractivity contribution >= 4 is 5.69 Å². The summed E-state index contributed by atoms with van der Waals surface area (Å²) < 4.78 is 14.2. The predicted octanol–water partition coefficient (Wildman–Crippen LogP) is 4.65. The summed E-state index contributed by atoms with van der Waals surface area (Å²) in [5.74, 6) is 0.400. The summed E-state index contributed by atoms with van der Waals surface area (Å²) in [4.78, 5) is 0. The summed E-state index contributed by atoms with van der Waals surface area (Å²) in [5.41, 5.74) is 10.3. The van der Waals surface area contributed by atoms with Crippen LogP contribution in [-0.4, -0.2) is 0 Å². The average Bonchev–Trinajstić information content (AvgIpc) is 2.33. The molecule has 2 heteroatoms. The molecule has 0 aromatic heterocycles. The Labute approximate surface area is 113 Å². The smallest absolute Gasteiger partial charge is 0.131 e. The van der Waals surface area contributed by atoms with E-state index in [2.05, 4.69) is 6.07 Å². The van der Waals surface area contributed by atoms with Gasteiger partial charge in [0.2, 0.25) is 0 Å². The van der Waals surface area contributed by atoms with Crippen LogP contribution in [0.15, 0.2) is 36.4 Å². The minimum absolute atomic E-state index is 0.182. The Morgan fingerprint density at radius 2 is 1.84 bits per heavy atom. The molecule has 0 amide bonds. The van der Waals surface area contributed by atoms with Gasteiger partial charge in [-0.1, -0.05) is 30.7 Å². The Balaban J connectivity index is 2.14. The molecule has 0 saturated heterocycles. The summed E-state index contributed by atoms with van der Waals surface area (Å²) in [7, 11) is 0. The van der Waals surface area contributed by atoms with Crippen LogP contribution in [0, 0.1) is 12.7 Å². The van der Waals surface area contributed by atoms with Crippen LogP contribution in [0.4, 0.5) is 10.1 Å². The predicted molar refractivity (Wildman–Crippen MR) is 77.6 cm³/mol. The molecule has 1 aliphatic carbocycles. The van der Waals surface area contributed by atoms with Crippen LogP contribution in [-0.2, 0) is 0 Å². The lowest BCUT2D eigenvalue weighted by Crippen LogP contribution is -2.10. The molecule has 0 radical (unpaired) electrons. The average molecular weight is 255 g/mol. The van der Waals surface area contributed by atoms with Crippen molar-refractivity contribution in [3.8, 4) is 11.1 Å². The Bertz CT molecular complexity index is 615. The van der Waals surface area contributed by atoms with Crippen molar-refractivity contribution in [1.29, 1.82) is 0 Å². The van der Waals surface area contributed by atoms with E-state index >= 15 is 0 Å². The van der Waals surface area contributed by atoms with E-state index in [4.69, 9.17) is 5.73 Å². The van der Waals surface area contributed by atoms with Crippen LogP contribution in [0.2, 0.25) is 0 Å². The molecule has 0 atom stereocenters. The van der Waals surface area contributed by atoms with E-state index < -0.39 is 0 Å². The maximum Gasteiger partial charge on any atom is 0.131 e. The Hall–Kier alpha value is -1.83. The fraction of sp³-hybridized carbons (Fsp3) is 0.294. The van der Waals surface area contributed by atoms with Gasteiger partial charge in [0.15, 0.2) is 0 Å². The fourth-order valence-electron chi connectivity index (χ4n) is 2.71. The van der Waals surface area contributed by atoms with Gasteiger partial charge in [-0.25, -0.2) is 4.39 Å². The van der Waals surface area contributed by atoms with Gasteiger partial charge in [0.25, 0.3) is 0 Å². The molecule has 0 heterocycles. The van der Waals surface area contributed by atoms with Gasteiger partial charge >= 0.3 is 0 Å². The third kappa shape index (κ3) is 2.12. The SMILES string of the molecule is Cc1cc(F)c(-c2ccccc2C2CCC2)cc1N. The Morgan fingerprint density at radius 1 is 1.11 bits per heavy atom. The molecule has 1 saturated carbocycles. The minimum atomic E-state index is -0.182. The van der Waals surface area contributed by atoms with E-state index in [0.717, 1.165) is 11.1 Å². The molecule has 1 aliphatic rings. The maximum atomic E-state index is 14.2. The second kappa shape index (κ2) is 4.69. The van der Waals surface area contributed by atoms with Crippen molar-refractivity contribution in [2.45, 2.75) is 32.1 Å². The number of hydrogen-bond donors (Lipinski definition) is 1. The van der Waals surface area contributed by atoms with E-state index in [-0.39, 0.29) is 5.82 Å². The van der Waals surface area contributed by atoms with Crippen molar-refractivity contribution in [2.75, 3.05) is 5.73 Å². The summed E-state index contributed by atoms with van der Waals surface area (Å²) in [6, 6.07) is 11.4. The molecule has 1 nitrogen and oxygen atoms in total. The highest BCUT2D eigenvalue weighted by atomic mass is 19.1. The lowest BCUT2D eigenvalue weighted by Gasteiger charge is -2.28. The zero-order valence-electron chi connectivity index (χ0n) is 11.1. The normalized spacial score (nSPS) is 15.3. The first-order valence-corrected chi connectivity index (χ1v) is 6.81. The van der Waals surface area contributed by atoms with Crippen LogP contribution in [0.3, 0.4) is 0 Å². The molecule has 98 valence electrons. The first-order chi connectivity index (χ1) is 9.16. The first kappa shape index (κ1) is 12.2. The molecule has 0 aliphatic heterocycles. The second-order valence-electron chi connectivity index (χ2n) is 5.40. The van der Waals surface area contributed by atoms with E-state index in [1.165, 1.54) is 30.9 Å². The van der Waals surface area contributed by atoms with Gasteiger partial charge in [0.05, 0.1) is 0 Å². The largest absolute Gasteiger partial charge is 0.398 e. The molecular weight excluding hydrogens is 237 g/mol. The highest BCUT2D eigenvalue weighted by Crippen LogP contribution is 2.42. The van der Waals surface area contributed by atoms with Crippen molar-refractivity contribution in [3.05, 3.63) is 53.3 Å². The summed E-state index contributed by atoms with van der Waals surface area (Å²) in [6.07, 6.45) is 3.69. The van der Waals surface area contributed by atoms with Crippen molar-refractivity contribution in [1.82, 2.24) is 0 Å². The Morgan fingerprint density at radius 3 is 2.53 bits per heavy atom. The molecule has 0 bridgehead atoms. The molecule has 0 spiro atoms. The number of hydrogen-bond acceptors (Lipinski definition) is 1. The van der Waals surface area contributed by atoms with Crippen molar-refractivity contribution in [2.24, 2.45) is 0 Å². The molecule has 19 heavy (non-hydrogen) atoms. The molecule has 2 aromatic rings. The third-order valence-corrected chi connectivity index (χ3v) is 4.15. The van der Waals surface area contributed by atoms with Crippen LogP contribution in [0.25, 0.3) is 11.1 Å². The summed E-state index contributed by atoms with van der Waals surface area (Å²) >= 11 is 0. The van der Waals surface area contributed by atoms with Gasteiger partial charge in [-0.2, -0.15) is 0 Å². The number of aryl methyl sites for hydroxylation is 1. The van der Waals surface area contributed by atoms with Crippen LogP contribution in [0.1, 0.15) is 36.3 Å². The van der Waals surface area contributed by atoms with Gasteiger partial charge in [-0.05, 0) is 54.5 Å². The van der Waals surface area contributed by atoms with Crippen LogP contribution >= 0.6 is 0 Å². The molecule has 0 unspecified atom stereocenters. The number of nitrogen functional groups attached to an aromatic ring is 1. The van der Waals surface area contributed by atoms with E-state index in [9.17, 15) is 4.39 Å². The molecule has 1 fully saturated rings. The van der Waals surface area contributed by atoms with Gasteiger partial charge in [0.1, 0.15) is 5.82 Å². The molecule has 2 N–H and O–H groups in total. The maximum absolute atomic E-state index is 14.2. The monoisotopic (exact) mass is 255 g/mol. The lowest BCUT2D eigenvalue weighted by atomic mass is 9.77. The number of halogens is 1. The molecular formula is C17H18FN. The number of anilines is 1. The highest BCUT2D eigenvalue weighted by molar-refractivity contribution is 5.73. The van der Waals surface area contributed by atoms with Gasteiger partial charge < -0.3 is 5.73 Å². The molecule has 2 aromatic carbocycles. The standard InChI is InChI=1S/C17H18FN/c1-11-9-16(18)15(10-17(11)19)14-8-3-2-7-13(14)12-5-4-6-12/h2-3,7-10,12H,4-6,19H2,1H3. The topological polar surface area (TPSA) is 26.0 Å².